The molecule has 0 aromatic heterocycles. The van der Waals surface area contributed by atoms with Crippen LogP contribution in [0.15, 0.2) is 24.3 Å². The zero-order valence-corrected chi connectivity index (χ0v) is 11.1. The van der Waals surface area contributed by atoms with Crippen molar-refractivity contribution >= 4 is 0 Å². The van der Waals surface area contributed by atoms with Crippen LogP contribution >= 0.6 is 0 Å². The molecule has 0 heterocycles. The number of benzene rings is 1. The zero-order chi connectivity index (χ0) is 12.0. The summed E-state index contributed by atoms with van der Waals surface area (Å²) in [6, 6.07) is 9.09. The van der Waals surface area contributed by atoms with Gasteiger partial charge < -0.3 is 5.32 Å². The Labute approximate surface area is 100 Å². The molecule has 1 rings (SSSR count). The highest BCUT2D eigenvalue weighted by molar-refractivity contribution is 5.28. The zero-order valence-electron chi connectivity index (χ0n) is 11.1. The molecule has 0 unspecified atom stereocenters. The molecule has 1 aromatic carbocycles. The Morgan fingerprint density at radius 3 is 2.44 bits per heavy atom. The van der Waals surface area contributed by atoms with Crippen LogP contribution in [0, 0.1) is 12.8 Å². The fourth-order valence-electron chi connectivity index (χ4n) is 2.01. The Morgan fingerprint density at radius 1 is 1.12 bits per heavy atom. The van der Waals surface area contributed by atoms with Gasteiger partial charge in [-0.15, -0.1) is 0 Å². The van der Waals surface area contributed by atoms with E-state index in [1.807, 2.05) is 0 Å². The first-order valence-electron chi connectivity index (χ1n) is 6.40. The molecule has 0 fully saturated rings. The molecule has 0 aliphatic heterocycles. The minimum atomic E-state index is 0.466. The number of hydrogen-bond acceptors (Lipinski definition) is 1. The van der Waals surface area contributed by atoms with Gasteiger partial charge in [-0.05, 0) is 50.3 Å². The molecule has 0 amide bonds. The van der Waals surface area contributed by atoms with Crippen LogP contribution < -0.4 is 5.32 Å². The second-order valence-electron chi connectivity index (χ2n) is 5.07. The Hall–Kier alpha value is -0.820. The van der Waals surface area contributed by atoms with Crippen molar-refractivity contribution in [1.82, 2.24) is 5.32 Å². The highest BCUT2D eigenvalue weighted by atomic mass is 14.9. The lowest BCUT2D eigenvalue weighted by molar-refractivity contribution is 0.497. The molecule has 0 bridgehead atoms. The predicted molar refractivity (Wildman–Crippen MR) is 71.7 cm³/mol. The van der Waals surface area contributed by atoms with E-state index >= 15 is 0 Å². The summed E-state index contributed by atoms with van der Waals surface area (Å²) < 4.78 is 0. The molecular formula is C15H25N. The van der Waals surface area contributed by atoms with Gasteiger partial charge in [0.2, 0.25) is 0 Å². The Morgan fingerprint density at radius 2 is 1.81 bits per heavy atom. The van der Waals surface area contributed by atoms with Gasteiger partial charge >= 0.3 is 0 Å². The van der Waals surface area contributed by atoms with E-state index in [0.717, 1.165) is 12.5 Å². The van der Waals surface area contributed by atoms with Crippen molar-refractivity contribution < 1.29 is 0 Å². The molecule has 0 radical (unpaired) electrons. The summed E-state index contributed by atoms with van der Waals surface area (Å²) in [6.45, 7) is 10.1. The summed E-state index contributed by atoms with van der Waals surface area (Å²) in [5.74, 6) is 0.815. The van der Waals surface area contributed by atoms with E-state index < -0.39 is 0 Å². The van der Waals surface area contributed by atoms with Crippen LogP contribution in [0.2, 0.25) is 0 Å². The third-order valence-electron chi connectivity index (χ3n) is 3.06. The molecule has 1 N–H and O–H groups in total. The summed E-state index contributed by atoms with van der Waals surface area (Å²) in [5, 5.41) is 3.60. The summed E-state index contributed by atoms with van der Waals surface area (Å²) >= 11 is 0. The van der Waals surface area contributed by atoms with Gasteiger partial charge in [-0.3, -0.25) is 0 Å². The molecular weight excluding hydrogens is 194 g/mol. The van der Waals surface area contributed by atoms with Crippen LogP contribution in [0.4, 0.5) is 0 Å². The van der Waals surface area contributed by atoms with Crippen LogP contribution in [-0.4, -0.2) is 6.54 Å². The molecule has 1 atom stereocenters. The van der Waals surface area contributed by atoms with Gasteiger partial charge in [0.1, 0.15) is 0 Å². The van der Waals surface area contributed by atoms with E-state index in [0.29, 0.717) is 6.04 Å². The lowest BCUT2D eigenvalue weighted by Gasteiger charge is -2.16. The SMILES string of the molecule is Cc1ccccc1[C@@H](C)NCCCC(C)C. The third-order valence-corrected chi connectivity index (χ3v) is 3.06. The predicted octanol–water partition coefficient (Wildman–Crippen LogP) is 4.08. The van der Waals surface area contributed by atoms with Gasteiger partial charge in [-0.2, -0.15) is 0 Å². The average molecular weight is 219 g/mol. The Kier molecular flexibility index (Phi) is 5.54. The van der Waals surface area contributed by atoms with Gasteiger partial charge in [-0.1, -0.05) is 38.1 Å². The minimum absolute atomic E-state index is 0.466. The monoisotopic (exact) mass is 219 g/mol. The van der Waals surface area contributed by atoms with E-state index in [2.05, 4.69) is 57.3 Å². The molecule has 0 saturated heterocycles. The van der Waals surface area contributed by atoms with Gasteiger partial charge in [0.25, 0.3) is 0 Å². The van der Waals surface area contributed by atoms with E-state index in [9.17, 15) is 0 Å². The summed E-state index contributed by atoms with van der Waals surface area (Å²) in [4.78, 5) is 0. The van der Waals surface area contributed by atoms with E-state index in [4.69, 9.17) is 0 Å². The van der Waals surface area contributed by atoms with Gasteiger partial charge in [0.05, 0.1) is 0 Å². The smallest absolute Gasteiger partial charge is 0.0294 e. The van der Waals surface area contributed by atoms with Gasteiger partial charge in [-0.25, -0.2) is 0 Å². The minimum Gasteiger partial charge on any atom is -0.310 e. The molecule has 0 saturated carbocycles. The number of nitrogens with one attached hydrogen (secondary N) is 1. The molecule has 16 heavy (non-hydrogen) atoms. The van der Waals surface area contributed by atoms with Crippen molar-refractivity contribution in [2.75, 3.05) is 6.54 Å². The average Bonchev–Trinajstić information content (AvgIpc) is 2.24. The lowest BCUT2D eigenvalue weighted by Crippen LogP contribution is -2.20. The van der Waals surface area contributed by atoms with Gasteiger partial charge in [0, 0.05) is 6.04 Å². The van der Waals surface area contributed by atoms with Crippen LogP contribution in [0.25, 0.3) is 0 Å². The Bertz CT molecular complexity index is 304. The van der Waals surface area contributed by atoms with Crippen molar-refractivity contribution in [3.63, 3.8) is 0 Å². The molecule has 1 nitrogen and oxygen atoms in total. The maximum Gasteiger partial charge on any atom is 0.0294 e. The van der Waals surface area contributed by atoms with Crippen molar-refractivity contribution in [2.45, 2.75) is 46.6 Å². The van der Waals surface area contributed by atoms with Crippen LogP contribution in [0.1, 0.15) is 50.8 Å². The van der Waals surface area contributed by atoms with Crippen molar-refractivity contribution in [2.24, 2.45) is 5.92 Å². The van der Waals surface area contributed by atoms with Gasteiger partial charge in [0.15, 0.2) is 0 Å². The first-order chi connectivity index (χ1) is 7.61. The number of rotatable bonds is 6. The molecule has 0 aliphatic rings. The number of hydrogen-bond donors (Lipinski definition) is 1. The standard InChI is InChI=1S/C15H25N/c1-12(2)8-7-11-16-14(4)15-10-6-5-9-13(15)3/h5-6,9-10,12,14,16H,7-8,11H2,1-4H3/t14-/m1/s1. The lowest BCUT2D eigenvalue weighted by atomic mass is 10.0. The fourth-order valence-corrected chi connectivity index (χ4v) is 2.01. The maximum absolute atomic E-state index is 3.60. The second kappa shape index (κ2) is 6.70. The van der Waals surface area contributed by atoms with Crippen LogP contribution in [-0.2, 0) is 0 Å². The summed E-state index contributed by atoms with van der Waals surface area (Å²) in [5.41, 5.74) is 2.80. The number of aryl methyl sites for hydroxylation is 1. The highest BCUT2D eigenvalue weighted by Crippen LogP contribution is 2.16. The normalized spacial score (nSPS) is 13.1. The molecule has 1 aromatic rings. The van der Waals surface area contributed by atoms with E-state index in [1.54, 1.807) is 0 Å². The topological polar surface area (TPSA) is 12.0 Å². The first-order valence-corrected chi connectivity index (χ1v) is 6.40. The van der Waals surface area contributed by atoms with Crippen molar-refractivity contribution in [3.8, 4) is 0 Å². The Balaban J connectivity index is 2.35. The maximum atomic E-state index is 3.60. The molecule has 0 spiro atoms. The highest BCUT2D eigenvalue weighted by Gasteiger charge is 2.06. The quantitative estimate of drug-likeness (QED) is 0.711. The summed E-state index contributed by atoms with van der Waals surface area (Å²) in [7, 11) is 0. The fraction of sp³-hybridized carbons (Fsp3) is 0.600. The second-order valence-corrected chi connectivity index (χ2v) is 5.07. The molecule has 0 aliphatic carbocycles. The van der Waals surface area contributed by atoms with E-state index in [1.165, 1.54) is 24.0 Å². The van der Waals surface area contributed by atoms with Crippen LogP contribution in [0.3, 0.4) is 0 Å². The molecule has 90 valence electrons. The summed E-state index contributed by atoms with van der Waals surface area (Å²) in [6.07, 6.45) is 2.58. The third kappa shape index (κ3) is 4.36. The van der Waals surface area contributed by atoms with Crippen LogP contribution in [0.5, 0.6) is 0 Å². The largest absolute Gasteiger partial charge is 0.310 e. The van der Waals surface area contributed by atoms with E-state index in [-0.39, 0.29) is 0 Å². The molecule has 1 heteroatoms. The van der Waals surface area contributed by atoms with Crippen molar-refractivity contribution in [3.05, 3.63) is 35.4 Å². The van der Waals surface area contributed by atoms with Crippen molar-refractivity contribution in [1.29, 1.82) is 0 Å². The first kappa shape index (κ1) is 13.2.